The molecule has 13 heteroatoms. The minimum absolute atomic E-state index is 0.00417. The Morgan fingerprint density at radius 1 is 1.13 bits per heavy atom. The standard InChI is InChI=1S/C26H17F5N4O4/c27-25(28,29)24-34-18-10-16(23(37)33-19(13-36)15-6-4-14(11-32)5-7-15)8-9-20(18)35(24)12-17-2-1-3-21-22(17)39-26(30,31)38-21/h1-10,19,36H,12-13H2,(H,33,37)/t19-/m0/s1. The van der Waals surface area contributed by atoms with Gasteiger partial charge >= 0.3 is 12.5 Å². The molecular formula is C26H17F5N4O4. The van der Waals surface area contributed by atoms with Crippen molar-refractivity contribution in [2.75, 3.05) is 6.61 Å². The number of hydrogen-bond acceptors (Lipinski definition) is 6. The molecule has 1 amide bonds. The molecule has 0 radical (unpaired) electrons. The second-order valence-electron chi connectivity index (χ2n) is 8.58. The molecule has 2 heterocycles. The number of aliphatic hydroxyl groups is 1. The van der Waals surface area contributed by atoms with E-state index < -0.39 is 43.4 Å². The number of para-hydroxylation sites is 1. The van der Waals surface area contributed by atoms with E-state index in [1.807, 2.05) is 6.07 Å². The molecule has 1 aliphatic heterocycles. The lowest BCUT2D eigenvalue weighted by Crippen LogP contribution is -2.30. The van der Waals surface area contributed by atoms with Crippen LogP contribution in [0.5, 0.6) is 11.5 Å². The summed E-state index contributed by atoms with van der Waals surface area (Å²) >= 11 is 0. The monoisotopic (exact) mass is 544 g/mol. The van der Waals surface area contributed by atoms with Gasteiger partial charge in [0.2, 0.25) is 5.82 Å². The fourth-order valence-electron chi connectivity index (χ4n) is 4.23. The van der Waals surface area contributed by atoms with Crippen molar-refractivity contribution in [3.63, 3.8) is 0 Å². The smallest absolute Gasteiger partial charge is 0.395 e. The number of nitrogens with zero attached hydrogens (tertiary/aromatic N) is 3. The highest BCUT2D eigenvalue weighted by molar-refractivity contribution is 5.97. The Bertz CT molecular complexity index is 1610. The second kappa shape index (κ2) is 9.55. The van der Waals surface area contributed by atoms with Crippen molar-refractivity contribution in [3.8, 4) is 17.6 Å². The summed E-state index contributed by atoms with van der Waals surface area (Å²) in [5, 5.41) is 21.3. The number of carbonyl (C=O) groups is 1. The lowest BCUT2D eigenvalue weighted by atomic mass is 10.0. The van der Waals surface area contributed by atoms with Crippen LogP contribution in [0.25, 0.3) is 11.0 Å². The number of amides is 1. The van der Waals surface area contributed by atoms with E-state index in [4.69, 9.17) is 5.26 Å². The van der Waals surface area contributed by atoms with Crippen LogP contribution in [-0.2, 0) is 12.7 Å². The average Bonchev–Trinajstić information content (AvgIpc) is 3.43. The van der Waals surface area contributed by atoms with Crippen molar-refractivity contribution in [2.24, 2.45) is 0 Å². The molecule has 8 nitrogen and oxygen atoms in total. The molecule has 0 saturated heterocycles. The first kappa shape index (κ1) is 25.9. The zero-order chi connectivity index (χ0) is 27.9. The van der Waals surface area contributed by atoms with Gasteiger partial charge in [-0.25, -0.2) is 4.98 Å². The molecule has 5 rings (SSSR count). The first-order valence-corrected chi connectivity index (χ1v) is 11.4. The minimum Gasteiger partial charge on any atom is -0.395 e. The van der Waals surface area contributed by atoms with Crippen molar-refractivity contribution in [1.29, 1.82) is 5.26 Å². The molecule has 2 N–H and O–H groups in total. The van der Waals surface area contributed by atoms with Crippen molar-refractivity contribution < 1.29 is 41.3 Å². The number of carbonyl (C=O) groups excluding carboxylic acids is 1. The van der Waals surface area contributed by atoms with Gasteiger partial charge < -0.3 is 24.5 Å². The number of nitrogens with one attached hydrogen (secondary N) is 1. The second-order valence-corrected chi connectivity index (χ2v) is 8.58. The molecule has 200 valence electrons. The molecule has 0 bridgehead atoms. The summed E-state index contributed by atoms with van der Waals surface area (Å²) in [6, 6.07) is 14.9. The summed E-state index contributed by atoms with van der Waals surface area (Å²) in [5.74, 6) is -2.68. The van der Waals surface area contributed by atoms with Gasteiger partial charge in [-0.2, -0.15) is 18.4 Å². The lowest BCUT2D eigenvalue weighted by Gasteiger charge is -2.17. The molecule has 1 atom stereocenters. The van der Waals surface area contributed by atoms with Crippen molar-refractivity contribution in [3.05, 3.63) is 88.7 Å². The summed E-state index contributed by atoms with van der Waals surface area (Å²) in [6.45, 7) is -0.996. The van der Waals surface area contributed by atoms with Gasteiger partial charge in [0, 0.05) is 11.1 Å². The number of hydrogen-bond donors (Lipinski definition) is 2. The minimum atomic E-state index is -4.90. The number of ether oxygens (including phenoxy) is 2. The zero-order valence-corrected chi connectivity index (χ0v) is 19.7. The van der Waals surface area contributed by atoms with E-state index in [0.29, 0.717) is 11.1 Å². The van der Waals surface area contributed by atoms with Crippen LogP contribution < -0.4 is 14.8 Å². The molecule has 0 fully saturated rings. The van der Waals surface area contributed by atoms with Gasteiger partial charge in [-0.15, -0.1) is 8.78 Å². The van der Waals surface area contributed by atoms with E-state index >= 15 is 0 Å². The van der Waals surface area contributed by atoms with Crippen LogP contribution in [0.4, 0.5) is 22.0 Å². The summed E-state index contributed by atoms with van der Waals surface area (Å²) < 4.78 is 78.6. The number of rotatable bonds is 6. The van der Waals surface area contributed by atoms with Crippen LogP contribution >= 0.6 is 0 Å². The highest BCUT2D eigenvalue weighted by Gasteiger charge is 2.45. The molecular weight excluding hydrogens is 527 g/mol. The van der Waals surface area contributed by atoms with Crippen LogP contribution in [0.2, 0.25) is 0 Å². The fourth-order valence-corrected chi connectivity index (χ4v) is 4.23. The number of aliphatic hydroxyl groups excluding tert-OH is 1. The Balaban J connectivity index is 1.47. The van der Waals surface area contributed by atoms with Crippen LogP contribution in [-0.4, -0.2) is 33.5 Å². The van der Waals surface area contributed by atoms with Gasteiger partial charge in [0.25, 0.3) is 5.91 Å². The number of halogens is 5. The normalized spacial score (nSPS) is 14.7. The number of fused-ring (bicyclic) bond motifs is 2. The number of nitriles is 1. The molecule has 0 saturated carbocycles. The van der Waals surface area contributed by atoms with Crippen LogP contribution in [0.15, 0.2) is 60.7 Å². The predicted molar refractivity (Wildman–Crippen MR) is 125 cm³/mol. The van der Waals surface area contributed by atoms with E-state index in [1.54, 1.807) is 12.1 Å². The topological polar surface area (TPSA) is 109 Å². The maximum Gasteiger partial charge on any atom is 0.586 e. The summed E-state index contributed by atoms with van der Waals surface area (Å²) in [5.41, 5.74) is 0.713. The number of benzene rings is 3. The molecule has 39 heavy (non-hydrogen) atoms. The van der Waals surface area contributed by atoms with E-state index in [1.165, 1.54) is 42.5 Å². The third kappa shape index (κ3) is 5.06. The maximum absolute atomic E-state index is 13.9. The Kier molecular flexibility index (Phi) is 6.35. The maximum atomic E-state index is 13.9. The van der Waals surface area contributed by atoms with E-state index in [2.05, 4.69) is 19.8 Å². The number of alkyl halides is 5. The third-order valence-corrected chi connectivity index (χ3v) is 6.03. The third-order valence-electron chi connectivity index (χ3n) is 6.03. The molecule has 4 aromatic rings. The van der Waals surface area contributed by atoms with Gasteiger partial charge in [-0.3, -0.25) is 4.79 Å². The van der Waals surface area contributed by atoms with E-state index in [9.17, 15) is 31.9 Å². The number of aromatic nitrogens is 2. The van der Waals surface area contributed by atoms with E-state index in [0.717, 1.165) is 10.6 Å². The number of imidazole rings is 1. The molecule has 0 spiro atoms. The molecule has 0 aliphatic carbocycles. The lowest BCUT2D eigenvalue weighted by molar-refractivity contribution is -0.287. The van der Waals surface area contributed by atoms with Crippen LogP contribution in [0.3, 0.4) is 0 Å². The van der Waals surface area contributed by atoms with Crippen LogP contribution in [0, 0.1) is 11.3 Å². The Hall–Kier alpha value is -4.70. The molecule has 3 aromatic carbocycles. The summed E-state index contributed by atoms with van der Waals surface area (Å²) in [4.78, 5) is 16.6. The van der Waals surface area contributed by atoms with Gasteiger partial charge in [0.05, 0.1) is 41.9 Å². The van der Waals surface area contributed by atoms with Crippen molar-refractivity contribution in [1.82, 2.24) is 14.9 Å². The first-order valence-electron chi connectivity index (χ1n) is 11.4. The quantitative estimate of drug-likeness (QED) is 0.339. The molecule has 0 unspecified atom stereocenters. The van der Waals surface area contributed by atoms with E-state index in [-0.39, 0.29) is 33.7 Å². The SMILES string of the molecule is N#Cc1ccc([C@H](CO)NC(=O)c2ccc3c(c2)nc(C(F)(F)F)n3Cc2cccc3c2OC(F)(F)O3)cc1. The Morgan fingerprint density at radius 3 is 2.54 bits per heavy atom. The van der Waals surface area contributed by atoms with Gasteiger partial charge in [-0.05, 0) is 42.0 Å². The first-order chi connectivity index (χ1) is 18.5. The average molecular weight is 544 g/mol. The van der Waals surface area contributed by atoms with Gasteiger partial charge in [-0.1, -0.05) is 24.3 Å². The summed E-state index contributed by atoms with van der Waals surface area (Å²) in [7, 11) is 0. The highest BCUT2D eigenvalue weighted by atomic mass is 19.4. The van der Waals surface area contributed by atoms with Crippen LogP contribution in [0.1, 0.15) is 38.9 Å². The highest BCUT2D eigenvalue weighted by Crippen LogP contribution is 2.44. The Labute approximate surface area is 216 Å². The van der Waals surface area contributed by atoms with Gasteiger partial charge in [0.15, 0.2) is 11.5 Å². The largest absolute Gasteiger partial charge is 0.586 e. The molecule has 1 aliphatic rings. The summed E-state index contributed by atoms with van der Waals surface area (Å²) in [6.07, 6.45) is -8.85. The van der Waals surface area contributed by atoms with Crippen molar-refractivity contribution in [2.45, 2.75) is 25.1 Å². The Morgan fingerprint density at radius 2 is 1.87 bits per heavy atom. The predicted octanol–water partition coefficient (Wildman–Crippen LogP) is 4.76. The van der Waals surface area contributed by atoms with Crippen molar-refractivity contribution >= 4 is 16.9 Å². The zero-order valence-electron chi connectivity index (χ0n) is 19.7. The van der Waals surface area contributed by atoms with Gasteiger partial charge in [0.1, 0.15) is 0 Å². The fraction of sp³-hybridized carbons (Fsp3) is 0.192. The molecule has 1 aromatic heterocycles.